The third-order valence-corrected chi connectivity index (χ3v) is 6.24. The average Bonchev–Trinajstić information content (AvgIpc) is 2.76. The molecule has 0 saturated carbocycles. The maximum absolute atomic E-state index is 12.7. The van der Waals surface area contributed by atoms with Crippen LogP contribution in [-0.2, 0) is 6.54 Å². The highest BCUT2D eigenvalue weighted by Crippen LogP contribution is 2.24. The number of rotatable bonds is 7. The molecule has 0 bridgehead atoms. The fourth-order valence-electron chi connectivity index (χ4n) is 3.48. The molecule has 2 N–H and O–H groups in total. The third kappa shape index (κ3) is 5.73. The first kappa shape index (κ1) is 21.2. The molecule has 29 heavy (non-hydrogen) atoms. The minimum absolute atomic E-state index is 0.0274. The van der Waals surface area contributed by atoms with Gasteiger partial charge in [0, 0.05) is 19.8 Å². The SMILES string of the molecule is CNC(=O)c1cc(C(=O)NCCC2CCSCC2)cn(Cc2ccccc2)c1=O. The Bertz CT molecular complexity index is 905. The molecule has 1 saturated heterocycles. The fourth-order valence-corrected chi connectivity index (χ4v) is 4.69. The predicted molar refractivity (Wildman–Crippen MR) is 117 cm³/mol. The van der Waals surface area contributed by atoms with Crippen molar-refractivity contribution in [2.45, 2.75) is 25.8 Å². The number of carbonyl (C=O) groups excluding carboxylic acids is 2. The summed E-state index contributed by atoms with van der Waals surface area (Å²) in [5.41, 5.74) is 0.799. The second-order valence-corrected chi connectivity index (χ2v) is 8.47. The van der Waals surface area contributed by atoms with Gasteiger partial charge in [-0.05, 0) is 48.3 Å². The van der Waals surface area contributed by atoms with E-state index < -0.39 is 11.5 Å². The van der Waals surface area contributed by atoms with E-state index in [1.54, 1.807) is 0 Å². The van der Waals surface area contributed by atoms with E-state index in [1.165, 1.54) is 48.2 Å². The lowest BCUT2D eigenvalue weighted by Crippen LogP contribution is -2.34. The van der Waals surface area contributed by atoms with Gasteiger partial charge in [-0.15, -0.1) is 0 Å². The molecule has 1 aliphatic rings. The van der Waals surface area contributed by atoms with Crippen LogP contribution in [0, 0.1) is 5.92 Å². The molecular weight excluding hydrogens is 386 g/mol. The van der Waals surface area contributed by atoms with Gasteiger partial charge in [0.05, 0.1) is 12.1 Å². The summed E-state index contributed by atoms with van der Waals surface area (Å²) in [6, 6.07) is 10.9. The predicted octanol–water partition coefficient (Wildman–Crippen LogP) is 2.52. The van der Waals surface area contributed by atoms with Crippen LogP contribution < -0.4 is 16.2 Å². The summed E-state index contributed by atoms with van der Waals surface area (Å²) >= 11 is 1.99. The summed E-state index contributed by atoms with van der Waals surface area (Å²) in [5.74, 6) is 2.29. The lowest BCUT2D eigenvalue weighted by molar-refractivity contribution is 0.0950. The van der Waals surface area contributed by atoms with Crippen LogP contribution in [0.1, 0.15) is 45.5 Å². The summed E-state index contributed by atoms with van der Waals surface area (Å²) < 4.78 is 1.42. The van der Waals surface area contributed by atoms with Crippen molar-refractivity contribution in [3.8, 4) is 0 Å². The molecule has 154 valence electrons. The molecule has 1 aliphatic heterocycles. The summed E-state index contributed by atoms with van der Waals surface area (Å²) in [6.45, 7) is 0.895. The van der Waals surface area contributed by atoms with E-state index in [0.717, 1.165) is 12.0 Å². The molecular formula is C22H27N3O3S. The largest absolute Gasteiger partial charge is 0.355 e. The van der Waals surface area contributed by atoms with E-state index in [9.17, 15) is 14.4 Å². The van der Waals surface area contributed by atoms with Crippen molar-refractivity contribution in [1.29, 1.82) is 0 Å². The Morgan fingerprint density at radius 2 is 1.86 bits per heavy atom. The number of pyridine rings is 1. The van der Waals surface area contributed by atoms with Gasteiger partial charge in [-0.2, -0.15) is 11.8 Å². The molecule has 7 heteroatoms. The van der Waals surface area contributed by atoms with E-state index >= 15 is 0 Å². The molecule has 0 unspecified atom stereocenters. The number of carbonyl (C=O) groups is 2. The second-order valence-electron chi connectivity index (χ2n) is 7.24. The monoisotopic (exact) mass is 413 g/mol. The van der Waals surface area contributed by atoms with Crippen molar-refractivity contribution >= 4 is 23.6 Å². The number of nitrogens with one attached hydrogen (secondary N) is 2. The maximum atomic E-state index is 12.7. The van der Waals surface area contributed by atoms with Crippen molar-refractivity contribution in [1.82, 2.24) is 15.2 Å². The average molecular weight is 414 g/mol. The molecule has 1 aromatic carbocycles. The van der Waals surface area contributed by atoms with Crippen LogP contribution in [0.2, 0.25) is 0 Å². The van der Waals surface area contributed by atoms with E-state index in [1.807, 2.05) is 42.1 Å². The number of hydrogen-bond donors (Lipinski definition) is 2. The van der Waals surface area contributed by atoms with Crippen LogP contribution in [0.15, 0.2) is 47.4 Å². The molecule has 0 atom stereocenters. The van der Waals surface area contributed by atoms with Gasteiger partial charge in [0.1, 0.15) is 5.56 Å². The molecule has 6 nitrogen and oxygen atoms in total. The van der Waals surface area contributed by atoms with Gasteiger partial charge in [-0.3, -0.25) is 14.4 Å². The standard InChI is InChI=1S/C22H27N3O3S/c1-23-21(27)19-13-18(20(26)24-10-7-16-8-11-29-12-9-16)15-25(22(19)28)14-17-5-3-2-4-6-17/h2-6,13,15-16H,7-12,14H2,1H3,(H,23,27)(H,24,26). The first-order valence-corrected chi connectivity index (χ1v) is 11.1. The van der Waals surface area contributed by atoms with Gasteiger partial charge >= 0.3 is 0 Å². The number of amides is 2. The normalized spacial score (nSPS) is 14.4. The van der Waals surface area contributed by atoms with Gasteiger partial charge in [0.2, 0.25) is 0 Å². The quantitative estimate of drug-likeness (QED) is 0.731. The summed E-state index contributed by atoms with van der Waals surface area (Å²) in [4.78, 5) is 37.6. The zero-order valence-electron chi connectivity index (χ0n) is 16.6. The molecule has 0 radical (unpaired) electrons. The van der Waals surface area contributed by atoms with E-state index in [0.29, 0.717) is 24.6 Å². The summed E-state index contributed by atoms with van der Waals surface area (Å²) in [5, 5.41) is 5.43. The molecule has 2 aromatic rings. The van der Waals surface area contributed by atoms with Gasteiger partial charge in [-0.25, -0.2) is 0 Å². The maximum Gasteiger partial charge on any atom is 0.263 e. The molecule has 1 fully saturated rings. The van der Waals surface area contributed by atoms with Crippen molar-refractivity contribution in [2.75, 3.05) is 25.1 Å². The molecule has 2 heterocycles. The second kappa shape index (κ2) is 10.3. The van der Waals surface area contributed by atoms with Crippen LogP contribution in [0.25, 0.3) is 0 Å². The Morgan fingerprint density at radius 3 is 2.55 bits per heavy atom. The Kier molecular flexibility index (Phi) is 7.52. The highest BCUT2D eigenvalue weighted by molar-refractivity contribution is 7.99. The molecule has 2 amide bonds. The van der Waals surface area contributed by atoms with E-state index in [-0.39, 0.29) is 11.5 Å². The van der Waals surface area contributed by atoms with Crippen LogP contribution in [-0.4, -0.2) is 41.5 Å². The lowest BCUT2D eigenvalue weighted by atomic mass is 9.99. The van der Waals surface area contributed by atoms with Gasteiger partial charge in [0.15, 0.2) is 0 Å². The Morgan fingerprint density at radius 1 is 1.14 bits per heavy atom. The zero-order valence-corrected chi connectivity index (χ0v) is 17.5. The first-order valence-electron chi connectivity index (χ1n) is 9.95. The highest BCUT2D eigenvalue weighted by Gasteiger charge is 2.18. The van der Waals surface area contributed by atoms with E-state index in [2.05, 4.69) is 10.6 Å². The van der Waals surface area contributed by atoms with Crippen LogP contribution in [0.3, 0.4) is 0 Å². The van der Waals surface area contributed by atoms with Crippen LogP contribution in [0.4, 0.5) is 0 Å². The van der Waals surface area contributed by atoms with Crippen LogP contribution in [0.5, 0.6) is 0 Å². The Labute approximate surface area is 175 Å². The van der Waals surface area contributed by atoms with Gasteiger partial charge in [0.25, 0.3) is 17.4 Å². The smallest absolute Gasteiger partial charge is 0.263 e. The van der Waals surface area contributed by atoms with E-state index in [4.69, 9.17) is 0 Å². The number of thioether (sulfide) groups is 1. The lowest BCUT2D eigenvalue weighted by Gasteiger charge is -2.21. The van der Waals surface area contributed by atoms with Crippen molar-refractivity contribution in [2.24, 2.45) is 5.92 Å². The fraction of sp³-hybridized carbons (Fsp3) is 0.409. The summed E-state index contributed by atoms with van der Waals surface area (Å²) in [7, 11) is 1.47. The third-order valence-electron chi connectivity index (χ3n) is 5.19. The Hall–Kier alpha value is -2.54. The molecule has 3 rings (SSSR count). The first-order chi connectivity index (χ1) is 14.1. The minimum atomic E-state index is -0.494. The van der Waals surface area contributed by atoms with Crippen molar-refractivity contribution in [3.63, 3.8) is 0 Å². The summed E-state index contributed by atoms with van der Waals surface area (Å²) in [6.07, 6.45) is 4.89. The number of aromatic nitrogens is 1. The minimum Gasteiger partial charge on any atom is -0.355 e. The number of nitrogens with zero attached hydrogens (tertiary/aromatic N) is 1. The number of hydrogen-bond acceptors (Lipinski definition) is 4. The van der Waals surface area contributed by atoms with Gasteiger partial charge < -0.3 is 15.2 Å². The zero-order chi connectivity index (χ0) is 20.6. The van der Waals surface area contributed by atoms with Crippen molar-refractivity contribution < 1.29 is 9.59 Å². The van der Waals surface area contributed by atoms with Gasteiger partial charge in [-0.1, -0.05) is 30.3 Å². The highest BCUT2D eigenvalue weighted by atomic mass is 32.2. The molecule has 1 aromatic heterocycles. The van der Waals surface area contributed by atoms with Crippen molar-refractivity contribution in [3.05, 3.63) is 69.6 Å². The topological polar surface area (TPSA) is 80.2 Å². The molecule has 0 aliphatic carbocycles. The number of benzene rings is 1. The van der Waals surface area contributed by atoms with Crippen LogP contribution >= 0.6 is 11.8 Å². The molecule has 0 spiro atoms. The Balaban J connectivity index is 1.77.